The van der Waals surface area contributed by atoms with Gasteiger partial charge in [-0.05, 0) is 38.2 Å². The van der Waals surface area contributed by atoms with E-state index in [1.54, 1.807) is 24.0 Å². The van der Waals surface area contributed by atoms with Crippen LogP contribution in [0.3, 0.4) is 0 Å². The molecule has 1 aliphatic rings. The Labute approximate surface area is 119 Å². The molecule has 112 valence electrons. The molecule has 0 aromatic carbocycles. The van der Waals surface area contributed by atoms with Crippen molar-refractivity contribution in [2.75, 3.05) is 13.2 Å². The molecular formula is C14H24N4O2. The molecule has 1 aromatic rings. The van der Waals surface area contributed by atoms with Crippen LogP contribution in [-0.4, -0.2) is 41.0 Å². The van der Waals surface area contributed by atoms with Gasteiger partial charge >= 0.3 is 0 Å². The first-order chi connectivity index (χ1) is 9.66. The Bertz CT molecular complexity index is 425. The lowest BCUT2D eigenvalue weighted by molar-refractivity contribution is 0.0241. The Kier molecular flexibility index (Phi) is 5.55. The number of ether oxygens (including phenoxy) is 1. The van der Waals surface area contributed by atoms with Crippen LogP contribution in [0.15, 0.2) is 12.3 Å². The number of carbonyl (C=O) groups excluding carboxylic acids is 1. The standard InChI is InChI=1S/C14H24N4O2/c1-18-13(7-9-17-18)14(19)16-8-2-10-20-12-5-3-11(15)4-6-12/h7,9,11-12H,2-6,8,10,15H2,1H3,(H,16,19). The van der Waals surface area contributed by atoms with Gasteiger partial charge in [0.2, 0.25) is 0 Å². The van der Waals surface area contributed by atoms with Gasteiger partial charge in [0.05, 0.1) is 6.10 Å². The van der Waals surface area contributed by atoms with Gasteiger partial charge in [0.25, 0.3) is 5.91 Å². The Morgan fingerprint density at radius 3 is 2.90 bits per heavy atom. The monoisotopic (exact) mass is 280 g/mol. The predicted octanol–water partition coefficient (Wildman–Crippen LogP) is 0.826. The van der Waals surface area contributed by atoms with Crippen LogP contribution in [0.1, 0.15) is 42.6 Å². The highest BCUT2D eigenvalue weighted by Crippen LogP contribution is 2.19. The van der Waals surface area contributed by atoms with E-state index in [-0.39, 0.29) is 5.91 Å². The lowest BCUT2D eigenvalue weighted by Gasteiger charge is -2.26. The molecule has 1 fully saturated rings. The molecule has 1 aliphatic carbocycles. The predicted molar refractivity (Wildman–Crippen MR) is 76.3 cm³/mol. The van der Waals surface area contributed by atoms with Crippen LogP contribution in [0.25, 0.3) is 0 Å². The molecule has 1 saturated carbocycles. The van der Waals surface area contributed by atoms with Crippen molar-refractivity contribution in [1.82, 2.24) is 15.1 Å². The van der Waals surface area contributed by atoms with Gasteiger partial charge in [-0.2, -0.15) is 5.10 Å². The lowest BCUT2D eigenvalue weighted by atomic mass is 9.94. The number of rotatable bonds is 6. The molecule has 3 N–H and O–H groups in total. The van der Waals surface area contributed by atoms with Crippen LogP contribution in [0.5, 0.6) is 0 Å². The molecule has 0 atom stereocenters. The van der Waals surface area contributed by atoms with Gasteiger partial charge in [0.1, 0.15) is 5.69 Å². The lowest BCUT2D eigenvalue weighted by Crippen LogP contribution is -2.31. The van der Waals surface area contributed by atoms with Gasteiger partial charge in [0.15, 0.2) is 0 Å². The highest BCUT2D eigenvalue weighted by atomic mass is 16.5. The van der Waals surface area contributed by atoms with Crippen molar-refractivity contribution < 1.29 is 9.53 Å². The molecule has 6 heteroatoms. The van der Waals surface area contributed by atoms with E-state index < -0.39 is 0 Å². The van der Waals surface area contributed by atoms with E-state index >= 15 is 0 Å². The number of nitrogens with zero attached hydrogens (tertiary/aromatic N) is 2. The third-order valence-corrected chi connectivity index (χ3v) is 3.73. The maximum Gasteiger partial charge on any atom is 0.269 e. The van der Waals surface area contributed by atoms with Gasteiger partial charge in [-0.15, -0.1) is 0 Å². The van der Waals surface area contributed by atoms with Gasteiger partial charge in [-0.25, -0.2) is 0 Å². The average molecular weight is 280 g/mol. The smallest absolute Gasteiger partial charge is 0.269 e. The van der Waals surface area contributed by atoms with Gasteiger partial charge in [-0.3, -0.25) is 9.48 Å². The molecule has 20 heavy (non-hydrogen) atoms. The van der Waals surface area contributed by atoms with Crippen LogP contribution in [0.4, 0.5) is 0 Å². The molecule has 0 bridgehead atoms. The summed E-state index contributed by atoms with van der Waals surface area (Å²) in [5.41, 5.74) is 6.43. The number of hydrogen-bond donors (Lipinski definition) is 2. The highest BCUT2D eigenvalue weighted by molar-refractivity contribution is 5.92. The van der Waals surface area contributed by atoms with Crippen molar-refractivity contribution in [3.63, 3.8) is 0 Å². The minimum atomic E-state index is -0.0892. The second-order valence-corrected chi connectivity index (χ2v) is 5.36. The third kappa shape index (κ3) is 4.31. The molecule has 0 spiro atoms. The van der Waals surface area contributed by atoms with E-state index in [1.807, 2.05) is 0 Å². The Morgan fingerprint density at radius 1 is 1.50 bits per heavy atom. The second-order valence-electron chi connectivity index (χ2n) is 5.36. The van der Waals surface area contributed by atoms with Gasteiger partial charge < -0.3 is 15.8 Å². The molecule has 1 heterocycles. The third-order valence-electron chi connectivity index (χ3n) is 3.73. The first kappa shape index (κ1) is 15.0. The molecule has 2 rings (SSSR count). The first-order valence-electron chi connectivity index (χ1n) is 7.30. The average Bonchev–Trinajstić information content (AvgIpc) is 2.86. The van der Waals surface area contributed by atoms with E-state index in [2.05, 4.69) is 10.4 Å². The van der Waals surface area contributed by atoms with Crippen LogP contribution < -0.4 is 11.1 Å². The fourth-order valence-electron chi connectivity index (χ4n) is 2.47. The fourth-order valence-corrected chi connectivity index (χ4v) is 2.47. The van der Waals surface area contributed by atoms with E-state index in [0.29, 0.717) is 31.0 Å². The molecule has 6 nitrogen and oxygen atoms in total. The zero-order valence-corrected chi connectivity index (χ0v) is 12.0. The van der Waals surface area contributed by atoms with Crippen LogP contribution in [0.2, 0.25) is 0 Å². The Hall–Kier alpha value is -1.40. The molecule has 0 radical (unpaired) electrons. The number of aromatic nitrogens is 2. The molecule has 0 aliphatic heterocycles. The minimum Gasteiger partial charge on any atom is -0.378 e. The maximum atomic E-state index is 11.8. The summed E-state index contributed by atoms with van der Waals surface area (Å²) >= 11 is 0. The van der Waals surface area contributed by atoms with E-state index in [0.717, 1.165) is 32.1 Å². The number of carbonyl (C=O) groups is 1. The van der Waals surface area contributed by atoms with Crippen LogP contribution >= 0.6 is 0 Å². The van der Waals surface area contributed by atoms with Crippen molar-refractivity contribution in [2.45, 2.75) is 44.2 Å². The fraction of sp³-hybridized carbons (Fsp3) is 0.714. The van der Waals surface area contributed by atoms with Crippen molar-refractivity contribution in [3.8, 4) is 0 Å². The Morgan fingerprint density at radius 2 is 2.25 bits per heavy atom. The summed E-state index contributed by atoms with van der Waals surface area (Å²) in [6.45, 7) is 1.31. The molecule has 1 amide bonds. The SMILES string of the molecule is Cn1nccc1C(=O)NCCCOC1CCC(N)CC1. The number of aryl methyl sites for hydroxylation is 1. The second kappa shape index (κ2) is 7.40. The number of nitrogens with one attached hydrogen (secondary N) is 1. The summed E-state index contributed by atoms with van der Waals surface area (Å²) in [5.74, 6) is -0.0892. The van der Waals surface area contributed by atoms with E-state index in [9.17, 15) is 4.79 Å². The van der Waals surface area contributed by atoms with Gasteiger partial charge in [0, 0.05) is 32.4 Å². The largest absolute Gasteiger partial charge is 0.378 e. The van der Waals surface area contributed by atoms with Crippen molar-refractivity contribution in [1.29, 1.82) is 0 Å². The molecule has 1 aromatic heterocycles. The van der Waals surface area contributed by atoms with E-state index in [1.165, 1.54) is 0 Å². The summed E-state index contributed by atoms with van der Waals surface area (Å²) in [7, 11) is 1.76. The number of hydrogen-bond acceptors (Lipinski definition) is 4. The summed E-state index contributed by atoms with van der Waals surface area (Å²) in [5, 5.41) is 6.84. The Balaban J connectivity index is 1.56. The summed E-state index contributed by atoms with van der Waals surface area (Å²) < 4.78 is 7.37. The zero-order chi connectivity index (χ0) is 14.4. The first-order valence-corrected chi connectivity index (χ1v) is 7.30. The van der Waals surface area contributed by atoms with Crippen molar-refractivity contribution in [3.05, 3.63) is 18.0 Å². The summed E-state index contributed by atoms with van der Waals surface area (Å²) in [4.78, 5) is 11.8. The molecule has 0 saturated heterocycles. The quantitative estimate of drug-likeness (QED) is 0.756. The molecule has 0 unspecified atom stereocenters. The van der Waals surface area contributed by atoms with Crippen molar-refractivity contribution in [2.24, 2.45) is 12.8 Å². The summed E-state index contributed by atoms with van der Waals surface area (Å²) in [6.07, 6.45) is 7.02. The van der Waals surface area contributed by atoms with Crippen LogP contribution in [-0.2, 0) is 11.8 Å². The van der Waals surface area contributed by atoms with Crippen LogP contribution in [0, 0.1) is 0 Å². The molecular weight excluding hydrogens is 256 g/mol. The van der Waals surface area contributed by atoms with Gasteiger partial charge in [-0.1, -0.05) is 0 Å². The normalized spacial score (nSPS) is 22.7. The maximum absolute atomic E-state index is 11.8. The highest BCUT2D eigenvalue weighted by Gasteiger charge is 2.18. The minimum absolute atomic E-state index is 0.0892. The van der Waals surface area contributed by atoms with E-state index in [4.69, 9.17) is 10.5 Å². The zero-order valence-electron chi connectivity index (χ0n) is 12.0. The summed E-state index contributed by atoms with van der Waals surface area (Å²) in [6, 6.07) is 2.06. The number of amides is 1. The van der Waals surface area contributed by atoms with Crippen molar-refractivity contribution >= 4 is 5.91 Å². The number of nitrogens with two attached hydrogens (primary N) is 1. The topological polar surface area (TPSA) is 82.2 Å².